The van der Waals surface area contributed by atoms with Crippen LogP contribution in [-0.2, 0) is 23.2 Å². The highest BCUT2D eigenvalue weighted by Gasteiger charge is 2.33. The van der Waals surface area contributed by atoms with Gasteiger partial charge in [-0.1, -0.05) is 12.1 Å². The number of piperidine rings is 3. The van der Waals surface area contributed by atoms with Crippen molar-refractivity contribution < 1.29 is 27.6 Å². The van der Waals surface area contributed by atoms with Crippen LogP contribution in [0.25, 0.3) is 22.5 Å². The van der Waals surface area contributed by atoms with E-state index in [0.29, 0.717) is 41.7 Å². The number of carbonyl (C=O) groups excluding carboxylic acids is 3. The van der Waals surface area contributed by atoms with E-state index in [9.17, 15) is 28.0 Å². The number of carbonyl (C=O) groups is 3. The number of fused-ring (bicyclic) bond motifs is 1. The molecule has 1 atom stereocenters. The Kier molecular flexibility index (Phi) is 11.1. The first-order chi connectivity index (χ1) is 29.1. The number of imidazole rings is 1. The van der Waals surface area contributed by atoms with Crippen LogP contribution in [0.5, 0.6) is 0 Å². The third kappa shape index (κ3) is 8.34. The smallest absolute Gasteiger partial charge is 0.329 e. The number of oxazole rings is 1. The third-order valence-electron chi connectivity index (χ3n) is 12.5. The Balaban J connectivity index is 0.767. The largest absolute Gasteiger partial charge is 0.444 e. The van der Waals surface area contributed by atoms with Gasteiger partial charge in [0.25, 0.3) is 12.3 Å². The lowest BCUT2D eigenvalue weighted by molar-refractivity contribution is -0.135. The second-order valence-corrected chi connectivity index (χ2v) is 16.7. The standard InChI is InChI=1S/C42H49F2N11O5/c1-51-37-28(3-2-4-32(37)55(42(51)59)33-7-8-35(56)49-40(33)58)22-53-15-10-26(11-16-53)21-52-17-12-29(13-18-52)54-23-30(36(50-54)38(43)44)47-39(57)31-24-60-41(48-31)27-9-14-45-34(19-27)46-20-25-5-6-25/h2-4,9,14,19,23-26,29,33,38H,5-8,10-13,15-18,20-22H2,1H3,(H,45,46)(H,47,57)(H,49,56,58). The predicted octanol–water partition coefficient (Wildman–Crippen LogP) is 5.13. The molecule has 60 heavy (non-hydrogen) atoms. The molecule has 0 bridgehead atoms. The van der Waals surface area contributed by atoms with Gasteiger partial charge >= 0.3 is 5.69 Å². The number of benzene rings is 1. The molecule has 9 rings (SSSR count). The Morgan fingerprint density at radius 2 is 1.77 bits per heavy atom. The van der Waals surface area contributed by atoms with E-state index in [-0.39, 0.29) is 41.3 Å². The predicted molar refractivity (Wildman–Crippen MR) is 217 cm³/mol. The fourth-order valence-corrected chi connectivity index (χ4v) is 8.95. The van der Waals surface area contributed by atoms with E-state index < -0.39 is 30.0 Å². The first kappa shape index (κ1) is 39.7. The number of para-hydroxylation sites is 1. The lowest BCUT2D eigenvalue weighted by Crippen LogP contribution is -2.44. The summed E-state index contributed by atoms with van der Waals surface area (Å²) in [5, 5.41) is 12.5. The van der Waals surface area contributed by atoms with Gasteiger partial charge in [0.05, 0.1) is 22.8 Å². The number of hydrogen-bond acceptors (Lipinski definition) is 11. The minimum atomic E-state index is -2.88. The van der Waals surface area contributed by atoms with E-state index in [1.54, 1.807) is 34.6 Å². The SMILES string of the molecule is Cn1c(=O)n(C2CCC(=O)NC2=O)c2cccc(CN3CCC(CN4CCC(n5cc(NC(=O)c6coc(-c7ccnc(NCC8CC8)c7)n6)c(C(F)F)n5)CC4)CC3)c21. The van der Waals surface area contributed by atoms with E-state index in [4.69, 9.17) is 4.42 Å². The van der Waals surface area contributed by atoms with Crippen LogP contribution >= 0.6 is 0 Å². The van der Waals surface area contributed by atoms with Gasteiger partial charge in [0.1, 0.15) is 18.1 Å². The van der Waals surface area contributed by atoms with Crippen molar-refractivity contribution in [3.05, 3.63) is 76.4 Å². The maximum Gasteiger partial charge on any atom is 0.329 e. The molecule has 1 aliphatic carbocycles. The number of nitrogens with one attached hydrogen (secondary N) is 3. The molecule has 1 aromatic carbocycles. The maximum atomic E-state index is 14.2. The molecule has 3 N–H and O–H groups in total. The second-order valence-electron chi connectivity index (χ2n) is 16.7. The Bertz CT molecular complexity index is 2450. The van der Waals surface area contributed by atoms with Gasteiger partial charge < -0.3 is 20.0 Å². The van der Waals surface area contributed by atoms with E-state index in [1.807, 2.05) is 18.2 Å². The minimum Gasteiger partial charge on any atom is -0.444 e. The van der Waals surface area contributed by atoms with Crippen LogP contribution in [-0.4, -0.2) is 95.7 Å². The van der Waals surface area contributed by atoms with Gasteiger partial charge in [-0.3, -0.25) is 38.4 Å². The molecule has 4 fully saturated rings. The molecule has 3 amide bonds. The van der Waals surface area contributed by atoms with Gasteiger partial charge in [-0.25, -0.2) is 23.5 Å². The number of halogens is 2. The van der Waals surface area contributed by atoms with Gasteiger partial charge in [0.2, 0.25) is 17.7 Å². The van der Waals surface area contributed by atoms with Gasteiger partial charge in [0.15, 0.2) is 11.4 Å². The molecule has 1 saturated carbocycles. The van der Waals surface area contributed by atoms with Gasteiger partial charge in [-0.2, -0.15) is 5.10 Å². The quantitative estimate of drug-likeness (QED) is 0.134. The zero-order valence-electron chi connectivity index (χ0n) is 33.5. The summed E-state index contributed by atoms with van der Waals surface area (Å²) >= 11 is 0. The molecule has 316 valence electrons. The van der Waals surface area contributed by atoms with Crippen molar-refractivity contribution in [3.8, 4) is 11.5 Å². The normalized spacial score (nSPS) is 20.0. The summed E-state index contributed by atoms with van der Waals surface area (Å²) in [5.41, 5.74) is 2.33. The molecule has 1 unspecified atom stereocenters. The maximum absolute atomic E-state index is 14.2. The van der Waals surface area contributed by atoms with Gasteiger partial charge in [-0.15, -0.1) is 0 Å². The summed E-state index contributed by atoms with van der Waals surface area (Å²) in [6.45, 7) is 5.93. The molecule has 4 aliphatic rings. The number of aromatic nitrogens is 6. The summed E-state index contributed by atoms with van der Waals surface area (Å²) in [6, 6.07) is 8.55. The number of rotatable bonds is 13. The van der Waals surface area contributed by atoms with Crippen LogP contribution < -0.4 is 21.6 Å². The molecule has 4 aromatic heterocycles. The number of aryl methyl sites for hydroxylation is 1. The summed E-state index contributed by atoms with van der Waals surface area (Å²) in [6.07, 6.45) is 7.93. The molecule has 0 radical (unpaired) electrons. The molecule has 16 nitrogen and oxygen atoms in total. The molecule has 18 heteroatoms. The molecule has 7 heterocycles. The highest BCUT2D eigenvalue weighted by molar-refractivity contribution is 6.03. The van der Waals surface area contributed by atoms with Crippen LogP contribution in [0.2, 0.25) is 0 Å². The number of hydrogen-bond donors (Lipinski definition) is 3. The van der Waals surface area contributed by atoms with Crippen LogP contribution in [0.1, 0.15) is 91.6 Å². The fraction of sp³-hybridized carbons (Fsp3) is 0.500. The Morgan fingerprint density at radius 3 is 2.52 bits per heavy atom. The molecule has 5 aromatic rings. The zero-order chi connectivity index (χ0) is 41.5. The van der Waals surface area contributed by atoms with E-state index in [1.165, 1.54) is 29.9 Å². The van der Waals surface area contributed by atoms with Crippen molar-refractivity contribution in [2.24, 2.45) is 18.9 Å². The average molecular weight is 826 g/mol. The van der Waals surface area contributed by atoms with Crippen molar-refractivity contribution >= 4 is 40.3 Å². The molecule has 3 saturated heterocycles. The van der Waals surface area contributed by atoms with Crippen molar-refractivity contribution in [2.75, 3.05) is 49.9 Å². The summed E-state index contributed by atoms with van der Waals surface area (Å²) in [7, 11) is 1.73. The summed E-state index contributed by atoms with van der Waals surface area (Å²) < 4.78 is 38.7. The first-order valence-electron chi connectivity index (χ1n) is 20.9. The van der Waals surface area contributed by atoms with E-state index in [2.05, 4.69) is 40.8 Å². The lowest BCUT2D eigenvalue weighted by atomic mass is 9.94. The van der Waals surface area contributed by atoms with Crippen LogP contribution in [0.15, 0.2) is 58.2 Å². The highest BCUT2D eigenvalue weighted by atomic mass is 19.3. The van der Waals surface area contributed by atoms with Crippen molar-refractivity contribution in [3.63, 3.8) is 0 Å². The number of anilines is 2. The molecule has 0 spiro atoms. The number of nitrogens with zero attached hydrogens (tertiary/aromatic N) is 8. The topological polar surface area (TPSA) is 177 Å². The van der Waals surface area contributed by atoms with Crippen molar-refractivity contribution in [1.29, 1.82) is 0 Å². The molecular weight excluding hydrogens is 777 g/mol. The number of alkyl halides is 2. The second kappa shape index (κ2) is 16.7. The fourth-order valence-electron chi connectivity index (χ4n) is 8.95. The van der Waals surface area contributed by atoms with Crippen LogP contribution in [0.4, 0.5) is 20.3 Å². The Labute approximate surface area is 344 Å². The molecular formula is C42H49F2N11O5. The monoisotopic (exact) mass is 825 g/mol. The van der Waals surface area contributed by atoms with Crippen LogP contribution in [0.3, 0.4) is 0 Å². The first-order valence-corrected chi connectivity index (χ1v) is 20.9. The summed E-state index contributed by atoms with van der Waals surface area (Å²) in [4.78, 5) is 64.5. The number of amides is 3. The van der Waals surface area contributed by atoms with Gasteiger partial charge in [-0.05, 0) is 93.6 Å². The van der Waals surface area contributed by atoms with E-state index in [0.717, 1.165) is 76.0 Å². The van der Waals surface area contributed by atoms with Crippen molar-refractivity contribution in [1.82, 2.24) is 44.0 Å². The average Bonchev–Trinajstić information content (AvgIpc) is 3.65. The number of pyridine rings is 1. The Hall–Kier alpha value is -5.75. The lowest BCUT2D eigenvalue weighted by Gasteiger charge is -2.37. The third-order valence-corrected chi connectivity index (χ3v) is 12.5. The number of likely N-dealkylation sites (tertiary alicyclic amines) is 2. The van der Waals surface area contributed by atoms with Crippen LogP contribution in [0, 0.1) is 11.8 Å². The van der Waals surface area contributed by atoms with E-state index >= 15 is 0 Å². The van der Waals surface area contributed by atoms with Gasteiger partial charge in [0, 0.05) is 64.1 Å². The highest BCUT2D eigenvalue weighted by Crippen LogP contribution is 2.33. The minimum absolute atomic E-state index is 0.0348. The van der Waals surface area contributed by atoms with Crippen molar-refractivity contribution in [2.45, 2.75) is 76.4 Å². The zero-order valence-corrected chi connectivity index (χ0v) is 33.5. The Morgan fingerprint density at radius 1 is 0.983 bits per heavy atom. The summed E-state index contributed by atoms with van der Waals surface area (Å²) in [5.74, 6) is 0.672. The molecule has 3 aliphatic heterocycles. The number of imide groups is 1.